The van der Waals surface area contributed by atoms with Crippen LogP contribution in [-0.2, 0) is 0 Å². The molecule has 0 aromatic heterocycles. The van der Waals surface area contributed by atoms with Crippen molar-refractivity contribution in [3.8, 4) is 0 Å². The summed E-state index contributed by atoms with van der Waals surface area (Å²) in [6, 6.07) is 0. The van der Waals surface area contributed by atoms with Crippen LogP contribution in [0.2, 0.25) is 0 Å². The zero-order valence-electron chi connectivity index (χ0n) is 2.34. The summed E-state index contributed by atoms with van der Waals surface area (Å²) in [5.41, 5.74) is 7.33. The van der Waals surface area contributed by atoms with Gasteiger partial charge in [0.2, 0.25) is 0 Å². The van der Waals surface area contributed by atoms with E-state index in [0.717, 1.165) is 0 Å². The van der Waals surface area contributed by atoms with Crippen LogP contribution in [0.5, 0.6) is 0 Å². The second-order valence-corrected chi connectivity index (χ2v) is 0.289. The first-order valence-corrected chi connectivity index (χ1v) is 0.847. The van der Waals surface area contributed by atoms with Crippen molar-refractivity contribution in [3.05, 3.63) is 10.4 Å². The van der Waals surface area contributed by atoms with Gasteiger partial charge in [0.05, 0.1) is 0 Å². The molecule has 0 amide bonds. The minimum atomic E-state index is 0. The molecular formula is CH7N3Si. The highest BCUT2D eigenvalue weighted by Crippen LogP contribution is 1.46. The Morgan fingerprint density at radius 2 is 2.00 bits per heavy atom. The third-order valence-electron chi connectivity index (χ3n) is 0.0894. The molecule has 0 aromatic carbocycles. The molecule has 0 radical (unpaired) electrons. The molecule has 3 nitrogen and oxygen atoms in total. The van der Waals surface area contributed by atoms with Gasteiger partial charge in [-0.1, -0.05) is 5.11 Å². The zero-order valence-corrected chi connectivity index (χ0v) is 2.34. The lowest BCUT2D eigenvalue weighted by Gasteiger charge is -1.35. The van der Waals surface area contributed by atoms with E-state index in [-0.39, 0.29) is 11.0 Å². The van der Waals surface area contributed by atoms with Crippen molar-refractivity contribution < 1.29 is 0 Å². The summed E-state index contributed by atoms with van der Waals surface area (Å²) < 4.78 is 0. The van der Waals surface area contributed by atoms with Crippen LogP contribution in [0.4, 0.5) is 0 Å². The second kappa shape index (κ2) is 9.66. The number of nitrogens with zero attached hydrogens (tertiary/aromatic N) is 3. The van der Waals surface area contributed by atoms with Gasteiger partial charge in [0.15, 0.2) is 0 Å². The van der Waals surface area contributed by atoms with Crippen molar-refractivity contribution >= 4 is 11.0 Å². The lowest BCUT2D eigenvalue weighted by Crippen LogP contribution is -1.22. The van der Waals surface area contributed by atoms with Gasteiger partial charge in [0.1, 0.15) is 0 Å². The van der Waals surface area contributed by atoms with Gasteiger partial charge in [-0.05, 0) is 16.5 Å². The summed E-state index contributed by atoms with van der Waals surface area (Å²) in [7, 11) is 1.39. The van der Waals surface area contributed by atoms with E-state index in [4.69, 9.17) is 5.53 Å². The molecular weight excluding hydrogens is 82.1 g/mol. The Bertz CT molecular complexity index is 44.9. The van der Waals surface area contributed by atoms with Gasteiger partial charge >= 0.3 is 0 Å². The van der Waals surface area contributed by atoms with Crippen LogP contribution in [0.1, 0.15) is 0 Å². The molecule has 4 heteroatoms. The molecule has 0 atom stereocenters. The van der Waals surface area contributed by atoms with E-state index < -0.39 is 0 Å². The van der Waals surface area contributed by atoms with Crippen molar-refractivity contribution in [1.82, 2.24) is 0 Å². The third-order valence-corrected chi connectivity index (χ3v) is 0.0894. The Balaban J connectivity index is 0. The molecule has 0 fully saturated rings. The molecule has 0 saturated heterocycles. The fourth-order valence-corrected chi connectivity index (χ4v) is 0. The van der Waals surface area contributed by atoms with Gasteiger partial charge in [-0.3, -0.25) is 0 Å². The van der Waals surface area contributed by atoms with E-state index in [2.05, 4.69) is 10.0 Å². The highest BCUT2D eigenvalue weighted by molar-refractivity contribution is 5.75. The quantitative estimate of drug-likeness (QED) is 0.166. The van der Waals surface area contributed by atoms with E-state index in [1.807, 2.05) is 0 Å². The maximum Gasteiger partial charge on any atom is 0.0139 e. The molecule has 5 heavy (non-hydrogen) atoms. The Kier molecular flexibility index (Phi) is 17.0. The predicted octanol–water partition coefficient (Wildman–Crippen LogP) is -0.525. The monoisotopic (exact) mass is 89.0 g/mol. The van der Waals surface area contributed by atoms with Crippen molar-refractivity contribution in [2.24, 2.45) is 5.11 Å². The summed E-state index contributed by atoms with van der Waals surface area (Å²) >= 11 is 0. The van der Waals surface area contributed by atoms with Crippen molar-refractivity contribution in [1.29, 1.82) is 0 Å². The Morgan fingerprint density at radius 3 is 2.00 bits per heavy atom. The standard InChI is InChI=1S/CH3N3.H4Si/c1-3-4-2;/h1H3;1H4. The van der Waals surface area contributed by atoms with E-state index in [1.54, 1.807) is 0 Å². The molecule has 0 aromatic rings. The molecule has 30 valence electrons. The summed E-state index contributed by atoms with van der Waals surface area (Å²) in [5.74, 6) is 0. The highest BCUT2D eigenvalue weighted by Gasteiger charge is 1.27. The van der Waals surface area contributed by atoms with Gasteiger partial charge < -0.3 is 0 Å². The minimum Gasteiger partial charge on any atom is -0.0973 e. The molecule has 0 aliphatic rings. The molecule has 0 unspecified atom stereocenters. The topological polar surface area (TPSA) is 48.8 Å². The number of hydrogen-bond acceptors (Lipinski definition) is 1. The van der Waals surface area contributed by atoms with E-state index in [9.17, 15) is 0 Å². The Hall–Kier alpha value is -0.473. The molecule has 0 spiro atoms. The summed E-state index contributed by atoms with van der Waals surface area (Å²) in [6.45, 7) is 0. The van der Waals surface area contributed by atoms with Gasteiger partial charge in [-0.15, -0.1) is 0 Å². The average Bonchev–Trinajstić information content (AvgIpc) is 1.37. The number of rotatable bonds is 0. The fraction of sp³-hybridized carbons (Fsp3) is 1.00. The zero-order chi connectivity index (χ0) is 3.41. The van der Waals surface area contributed by atoms with E-state index in [1.165, 1.54) is 7.05 Å². The van der Waals surface area contributed by atoms with Crippen LogP contribution >= 0.6 is 0 Å². The largest absolute Gasteiger partial charge is 0.0973 e. The van der Waals surface area contributed by atoms with E-state index in [0.29, 0.717) is 0 Å². The van der Waals surface area contributed by atoms with Crippen LogP contribution in [0.25, 0.3) is 10.4 Å². The minimum absolute atomic E-state index is 0. The van der Waals surface area contributed by atoms with Crippen molar-refractivity contribution in [2.45, 2.75) is 0 Å². The van der Waals surface area contributed by atoms with Crippen LogP contribution in [-0.4, -0.2) is 18.0 Å². The molecule has 0 N–H and O–H groups in total. The van der Waals surface area contributed by atoms with Gasteiger partial charge in [-0.25, -0.2) is 0 Å². The van der Waals surface area contributed by atoms with Crippen LogP contribution in [0, 0.1) is 0 Å². The fourth-order valence-electron chi connectivity index (χ4n) is 0. The van der Waals surface area contributed by atoms with Crippen LogP contribution < -0.4 is 0 Å². The molecule has 0 heterocycles. The van der Waals surface area contributed by atoms with Crippen LogP contribution in [0.3, 0.4) is 0 Å². The second-order valence-electron chi connectivity index (χ2n) is 0.289. The first-order chi connectivity index (χ1) is 1.91. The normalized spacial score (nSPS) is 3.40. The Morgan fingerprint density at radius 1 is 1.80 bits per heavy atom. The summed E-state index contributed by atoms with van der Waals surface area (Å²) in [5, 5.41) is 2.92. The smallest absolute Gasteiger partial charge is 0.0139 e. The first kappa shape index (κ1) is 8.82. The van der Waals surface area contributed by atoms with Crippen molar-refractivity contribution in [2.75, 3.05) is 7.05 Å². The van der Waals surface area contributed by atoms with Crippen LogP contribution in [0.15, 0.2) is 5.11 Å². The predicted molar refractivity (Wildman–Crippen MR) is 26.4 cm³/mol. The molecule has 0 bridgehead atoms. The lowest BCUT2D eigenvalue weighted by atomic mass is 11.6. The van der Waals surface area contributed by atoms with Crippen molar-refractivity contribution in [3.63, 3.8) is 0 Å². The van der Waals surface area contributed by atoms with Gasteiger partial charge in [-0.2, -0.15) is 0 Å². The Labute approximate surface area is 34.6 Å². The molecule has 0 saturated carbocycles. The number of azide groups is 1. The maximum atomic E-state index is 7.33. The highest BCUT2D eigenvalue weighted by atomic mass is 28.1. The average molecular weight is 89.2 g/mol. The first-order valence-electron chi connectivity index (χ1n) is 0.847. The third kappa shape index (κ3) is 29.6. The summed E-state index contributed by atoms with van der Waals surface area (Å²) in [6.07, 6.45) is 0. The molecule has 0 aliphatic carbocycles. The van der Waals surface area contributed by atoms with E-state index >= 15 is 0 Å². The van der Waals surface area contributed by atoms with Gasteiger partial charge in [0, 0.05) is 12.0 Å². The summed E-state index contributed by atoms with van der Waals surface area (Å²) in [4.78, 5) is 2.36. The molecule has 0 aliphatic heterocycles. The van der Waals surface area contributed by atoms with Gasteiger partial charge in [0.25, 0.3) is 0 Å². The molecule has 0 rings (SSSR count). The lowest BCUT2D eigenvalue weighted by molar-refractivity contribution is 1.40. The SMILES string of the molecule is CN=[N+]=[N-].[SiH4]. The maximum absolute atomic E-state index is 7.33. The number of hydrogen-bond donors (Lipinski definition) is 0.